The molecule has 1 aromatic heterocycles. The van der Waals surface area contributed by atoms with Crippen molar-refractivity contribution >= 4 is 5.97 Å². The molecule has 0 fully saturated rings. The molecule has 0 bridgehead atoms. The fourth-order valence-electron chi connectivity index (χ4n) is 1.82. The molecule has 0 spiro atoms. The molecule has 6 nitrogen and oxygen atoms in total. The van der Waals surface area contributed by atoms with Crippen LogP contribution in [0.2, 0.25) is 0 Å². The molecular weight excluding hydrogens is 258 g/mol. The van der Waals surface area contributed by atoms with E-state index in [1.165, 1.54) is 7.11 Å². The van der Waals surface area contributed by atoms with Gasteiger partial charge < -0.3 is 9.47 Å². The first-order chi connectivity index (χ1) is 9.60. The van der Waals surface area contributed by atoms with Gasteiger partial charge in [0.15, 0.2) is 5.69 Å². The molecule has 114 valence electrons. The highest BCUT2D eigenvalue weighted by Crippen LogP contribution is 2.10. The lowest BCUT2D eigenvalue weighted by Crippen LogP contribution is -2.13. The Hall–Kier alpha value is -1.43. The molecule has 6 heteroatoms. The van der Waals surface area contributed by atoms with E-state index in [4.69, 9.17) is 9.47 Å². The van der Waals surface area contributed by atoms with Crippen molar-refractivity contribution in [2.75, 3.05) is 20.3 Å². The number of nitrogens with zero attached hydrogens (tertiary/aromatic N) is 3. The monoisotopic (exact) mass is 283 g/mol. The summed E-state index contributed by atoms with van der Waals surface area (Å²) in [5, 5.41) is 7.94. The van der Waals surface area contributed by atoms with E-state index in [1.807, 2.05) is 0 Å². The van der Waals surface area contributed by atoms with Gasteiger partial charge in [0.1, 0.15) is 0 Å². The summed E-state index contributed by atoms with van der Waals surface area (Å²) >= 11 is 0. The van der Waals surface area contributed by atoms with Gasteiger partial charge in [0.05, 0.1) is 26.0 Å². The maximum atomic E-state index is 11.6. The van der Waals surface area contributed by atoms with Crippen LogP contribution in [0.1, 0.15) is 49.8 Å². The SMILES string of the molecule is CCCc1c(C(=O)OC)nnn1CCOCCC(C)C. The van der Waals surface area contributed by atoms with Gasteiger partial charge >= 0.3 is 5.97 Å². The van der Waals surface area contributed by atoms with Crippen molar-refractivity contribution in [3.05, 3.63) is 11.4 Å². The molecule has 1 heterocycles. The molecule has 0 atom stereocenters. The minimum Gasteiger partial charge on any atom is -0.464 e. The average molecular weight is 283 g/mol. The maximum Gasteiger partial charge on any atom is 0.360 e. The summed E-state index contributed by atoms with van der Waals surface area (Å²) in [6.45, 7) is 8.33. The zero-order valence-corrected chi connectivity index (χ0v) is 12.9. The lowest BCUT2D eigenvalue weighted by atomic mass is 10.1. The molecule has 1 rings (SSSR count). The molecule has 20 heavy (non-hydrogen) atoms. The highest BCUT2D eigenvalue weighted by Gasteiger charge is 2.19. The van der Waals surface area contributed by atoms with Gasteiger partial charge in [0.25, 0.3) is 0 Å². The van der Waals surface area contributed by atoms with E-state index in [9.17, 15) is 4.79 Å². The van der Waals surface area contributed by atoms with Gasteiger partial charge in [-0.05, 0) is 18.8 Å². The smallest absolute Gasteiger partial charge is 0.360 e. The molecule has 0 aliphatic carbocycles. The third-order valence-electron chi connectivity index (χ3n) is 2.99. The molecule has 0 aliphatic rings. The number of carbonyl (C=O) groups excluding carboxylic acids is 1. The molecule has 0 unspecified atom stereocenters. The van der Waals surface area contributed by atoms with E-state index in [0.29, 0.717) is 24.8 Å². The Bertz CT molecular complexity index is 416. The summed E-state index contributed by atoms with van der Waals surface area (Å²) in [6.07, 6.45) is 2.72. The van der Waals surface area contributed by atoms with Crippen molar-refractivity contribution in [2.24, 2.45) is 5.92 Å². The summed E-state index contributed by atoms with van der Waals surface area (Å²) in [5.41, 5.74) is 1.14. The highest BCUT2D eigenvalue weighted by atomic mass is 16.5. The normalized spacial score (nSPS) is 11.1. The zero-order chi connectivity index (χ0) is 15.0. The standard InChI is InChI=1S/C14H25N3O3/c1-5-6-12-13(14(18)19-4)15-16-17(12)8-10-20-9-7-11(2)3/h11H,5-10H2,1-4H3. The Balaban J connectivity index is 2.56. The number of hydrogen-bond donors (Lipinski definition) is 0. The van der Waals surface area contributed by atoms with E-state index in [2.05, 4.69) is 31.1 Å². The first-order valence-corrected chi connectivity index (χ1v) is 7.18. The van der Waals surface area contributed by atoms with Crippen LogP contribution in [0.15, 0.2) is 0 Å². The Labute approximate surface area is 120 Å². The molecule has 0 radical (unpaired) electrons. The first kappa shape index (κ1) is 16.6. The number of ether oxygens (including phenoxy) is 2. The number of aromatic nitrogens is 3. The van der Waals surface area contributed by atoms with Crippen LogP contribution in [0.25, 0.3) is 0 Å². The number of methoxy groups -OCH3 is 1. The van der Waals surface area contributed by atoms with Crippen LogP contribution < -0.4 is 0 Å². The number of rotatable bonds is 9. The largest absolute Gasteiger partial charge is 0.464 e. The summed E-state index contributed by atoms with van der Waals surface area (Å²) in [5.74, 6) is 0.211. The third-order valence-corrected chi connectivity index (χ3v) is 2.99. The fourth-order valence-corrected chi connectivity index (χ4v) is 1.82. The predicted molar refractivity (Wildman–Crippen MR) is 75.6 cm³/mol. The second-order valence-electron chi connectivity index (χ2n) is 5.14. The van der Waals surface area contributed by atoms with Crippen LogP contribution in [0, 0.1) is 5.92 Å². The minimum absolute atomic E-state index is 0.316. The fraction of sp³-hybridized carbons (Fsp3) is 0.786. The van der Waals surface area contributed by atoms with Gasteiger partial charge in [-0.3, -0.25) is 0 Å². The van der Waals surface area contributed by atoms with Crippen molar-refractivity contribution in [3.8, 4) is 0 Å². The van der Waals surface area contributed by atoms with E-state index in [0.717, 1.165) is 31.6 Å². The van der Waals surface area contributed by atoms with Crippen LogP contribution in [0.4, 0.5) is 0 Å². The van der Waals surface area contributed by atoms with Gasteiger partial charge in [0.2, 0.25) is 0 Å². The molecule has 0 aliphatic heterocycles. The molecule has 1 aromatic rings. The van der Waals surface area contributed by atoms with E-state index >= 15 is 0 Å². The van der Waals surface area contributed by atoms with Crippen molar-refractivity contribution < 1.29 is 14.3 Å². The van der Waals surface area contributed by atoms with Gasteiger partial charge in [-0.25, -0.2) is 9.48 Å². The Morgan fingerprint density at radius 3 is 2.70 bits per heavy atom. The predicted octanol–water partition coefficient (Wildman–Crippen LogP) is 2.08. The summed E-state index contributed by atoms with van der Waals surface area (Å²) in [4.78, 5) is 11.6. The summed E-state index contributed by atoms with van der Waals surface area (Å²) in [6, 6.07) is 0. The third kappa shape index (κ3) is 4.92. The first-order valence-electron chi connectivity index (χ1n) is 7.18. The number of hydrogen-bond acceptors (Lipinski definition) is 5. The van der Waals surface area contributed by atoms with Gasteiger partial charge in [-0.2, -0.15) is 0 Å². The minimum atomic E-state index is -0.430. The van der Waals surface area contributed by atoms with Crippen molar-refractivity contribution in [1.82, 2.24) is 15.0 Å². The lowest BCUT2D eigenvalue weighted by Gasteiger charge is -2.08. The van der Waals surface area contributed by atoms with E-state index < -0.39 is 5.97 Å². The second-order valence-corrected chi connectivity index (χ2v) is 5.14. The maximum absolute atomic E-state index is 11.6. The van der Waals surface area contributed by atoms with Crippen LogP contribution in [0.3, 0.4) is 0 Å². The molecule has 0 saturated carbocycles. The van der Waals surface area contributed by atoms with E-state index in [1.54, 1.807) is 4.68 Å². The van der Waals surface area contributed by atoms with Crippen LogP contribution >= 0.6 is 0 Å². The van der Waals surface area contributed by atoms with Crippen LogP contribution in [-0.4, -0.2) is 41.3 Å². The second kappa shape index (κ2) is 8.68. The molecule has 0 aromatic carbocycles. The topological polar surface area (TPSA) is 66.2 Å². The number of esters is 1. The van der Waals surface area contributed by atoms with E-state index in [-0.39, 0.29) is 0 Å². The zero-order valence-electron chi connectivity index (χ0n) is 12.9. The molecule has 0 saturated heterocycles. The van der Waals surface area contributed by atoms with Crippen molar-refractivity contribution in [1.29, 1.82) is 0 Å². The lowest BCUT2D eigenvalue weighted by molar-refractivity contribution is 0.0592. The Morgan fingerprint density at radius 2 is 2.10 bits per heavy atom. The van der Waals surface area contributed by atoms with Gasteiger partial charge in [0, 0.05) is 6.61 Å². The quantitative estimate of drug-likeness (QED) is 0.513. The molecular formula is C14H25N3O3. The van der Waals surface area contributed by atoms with Gasteiger partial charge in [-0.1, -0.05) is 32.4 Å². The van der Waals surface area contributed by atoms with Gasteiger partial charge in [-0.15, -0.1) is 5.10 Å². The number of carbonyl (C=O) groups is 1. The van der Waals surface area contributed by atoms with Crippen molar-refractivity contribution in [2.45, 2.75) is 46.6 Å². The Morgan fingerprint density at radius 1 is 1.35 bits per heavy atom. The molecule has 0 N–H and O–H groups in total. The average Bonchev–Trinajstić information content (AvgIpc) is 2.81. The summed E-state index contributed by atoms with van der Waals surface area (Å²) < 4.78 is 12.0. The van der Waals surface area contributed by atoms with Crippen LogP contribution in [0.5, 0.6) is 0 Å². The summed E-state index contributed by atoms with van der Waals surface area (Å²) in [7, 11) is 1.35. The van der Waals surface area contributed by atoms with Crippen molar-refractivity contribution in [3.63, 3.8) is 0 Å². The molecule has 0 amide bonds. The van der Waals surface area contributed by atoms with Crippen LogP contribution in [-0.2, 0) is 22.4 Å². The highest BCUT2D eigenvalue weighted by molar-refractivity contribution is 5.88. The Kier molecular flexibility index (Phi) is 7.22.